The van der Waals surface area contributed by atoms with Gasteiger partial charge >= 0.3 is 0 Å². The Morgan fingerprint density at radius 3 is 2.33 bits per heavy atom. The molecule has 0 N–H and O–H groups in total. The van der Waals surface area contributed by atoms with E-state index in [9.17, 15) is 8.78 Å². The van der Waals surface area contributed by atoms with Crippen LogP contribution in [-0.4, -0.2) is 9.97 Å². The van der Waals surface area contributed by atoms with Crippen molar-refractivity contribution in [3.8, 4) is 11.4 Å². The lowest BCUT2D eigenvalue weighted by atomic mass is 10.1. The van der Waals surface area contributed by atoms with E-state index < -0.39 is 5.82 Å². The van der Waals surface area contributed by atoms with Gasteiger partial charge in [0.15, 0.2) is 5.82 Å². The van der Waals surface area contributed by atoms with Gasteiger partial charge in [0.1, 0.15) is 16.8 Å². The molecule has 2 nitrogen and oxygen atoms in total. The Morgan fingerprint density at radius 2 is 1.62 bits per heavy atom. The average molecular weight is 305 g/mol. The highest BCUT2D eigenvalue weighted by Gasteiger charge is 2.14. The molecule has 0 bridgehead atoms. The van der Waals surface area contributed by atoms with Gasteiger partial charge in [0.05, 0.1) is 10.9 Å². The van der Waals surface area contributed by atoms with E-state index in [1.807, 2.05) is 6.92 Å². The number of rotatable bonds is 1. The number of benzene rings is 2. The van der Waals surface area contributed by atoms with Gasteiger partial charge in [-0.1, -0.05) is 17.7 Å². The summed E-state index contributed by atoms with van der Waals surface area (Å²) >= 11 is 6.10. The highest BCUT2D eigenvalue weighted by molar-refractivity contribution is 6.34. The molecule has 0 radical (unpaired) electrons. The fourth-order valence-corrected chi connectivity index (χ4v) is 2.46. The van der Waals surface area contributed by atoms with Crippen LogP contribution in [0, 0.1) is 25.5 Å². The topological polar surface area (TPSA) is 25.8 Å². The standard InChI is InChI=1S/C16H11ClF2N2/c1-8-3-5-12(19)13-14(8)20-16(21-15(13)17)10-4-6-11(18)9(2)7-10/h3-7H,1-2H3. The smallest absolute Gasteiger partial charge is 0.161 e. The number of aryl methyl sites for hydroxylation is 2. The molecule has 0 fully saturated rings. The lowest BCUT2D eigenvalue weighted by Crippen LogP contribution is -1.96. The van der Waals surface area contributed by atoms with Crippen LogP contribution >= 0.6 is 11.6 Å². The van der Waals surface area contributed by atoms with Crippen molar-refractivity contribution in [1.29, 1.82) is 0 Å². The van der Waals surface area contributed by atoms with Crippen molar-refractivity contribution in [3.05, 3.63) is 58.2 Å². The monoisotopic (exact) mass is 304 g/mol. The van der Waals surface area contributed by atoms with E-state index in [4.69, 9.17) is 11.6 Å². The van der Waals surface area contributed by atoms with Crippen LogP contribution in [0.4, 0.5) is 8.78 Å². The van der Waals surface area contributed by atoms with Crippen LogP contribution in [0.1, 0.15) is 11.1 Å². The van der Waals surface area contributed by atoms with Crippen LogP contribution in [-0.2, 0) is 0 Å². The molecule has 2 aromatic carbocycles. The van der Waals surface area contributed by atoms with Crippen LogP contribution in [0.25, 0.3) is 22.3 Å². The molecule has 0 aliphatic rings. The van der Waals surface area contributed by atoms with Crippen LogP contribution in [0.15, 0.2) is 30.3 Å². The van der Waals surface area contributed by atoms with Gasteiger partial charge in [-0.15, -0.1) is 0 Å². The Bertz CT molecular complexity index is 863. The maximum Gasteiger partial charge on any atom is 0.161 e. The fourth-order valence-electron chi connectivity index (χ4n) is 2.20. The highest BCUT2D eigenvalue weighted by atomic mass is 35.5. The van der Waals surface area contributed by atoms with Crippen molar-refractivity contribution in [2.24, 2.45) is 0 Å². The molecule has 0 spiro atoms. The van der Waals surface area contributed by atoms with Gasteiger partial charge in [0.2, 0.25) is 0 Å². The molecule has 1 heterocycles. The molecule has 1 aromatic heterocycles. The van der Waals surface area contributed by atoms with Crippen molar-refractivity contribution < 1.29 is 8.78 Å². The molecular weight excluding hydrogens is 294 g/mol. The van der Waals surface area contributed by atoms with Gasteiger partial charge in [-0.2, -0.15) is 0 Å². The van der Waals surface area contributed by atoms with Crippen molar-refractivity contribution in [1.82, 2.24) is 9.97 Å². The fraction of sp³-hybridized carbons (Fsp3) is 0.125. The summed E-state index contributed by atoms with van der Waals surface area (Å²) in [4.78, 5) is 8.52. The molecule has 0 aliphatic carbocycles. The average Bonchev–Trinajstić information content (AvgIpc) is 2.45. The Hall–Kier alpha value is -2.07. The zero-order chi connectivity index (χ0) is 15.1. The van der Waals surface area contributed by atoms with Gasteiger partial charge in [0.25, 0.3) is 0 Å². The predicted molar refractivity (Wildman–Crippen MR) is 79.4 cm³/mol. The first-order chi connectivity index (χ1) is 9.97. The third-order valence-corrected chi connectivity index (χ3v) is 3.65. The molecule has 21 heavy (non-hydrogen) atoms. The van der Waals surface area contributed by atoms with Crippen LogP contribution < -0.4 is 0 Å². The van der Waals surface area contributed by atoms with Crippen molar-refractivity contribution in [2.45, 2.75) is 13.8 Å². The van der Waals surface area contributed by atoms with E-state index in [2.05, 4.69) is 9.97 Å². The zero-order valence-corrected chi connectivity index (χ0v) is 12.2. The minimum atomic E-state index is -0.456. The summed E-state index contributed by atoms with van der Waals surface area (Å²) in [5.74, 6) is -0.403. The molecule has 3 aromatic rings. The van der Waals surface area contributed by atoms with Crippen LogP contribution in [0.5, 0.6) is 0 Å². The first-order valence-corrected chi connectivity index (χ1v) is 6.74. The largest absolute Gasteiger partial charge is 0.228 e. The van der Waals surface area contributed by atoms with E-state index in [1.165, 1.54) is 12.1 Å². The maximum atomic E-state index is 13.9. The summed E-state index contributed by atoms with van der Waals surface area (Å²) < 4.78 is 27.2. The minimum absolute atomic E-state index is 0.0539. The second-order valence-corrected chi connectivity index (χ2v) is 5.25. The van der Waals surface area contributed by atoms with E-state index in [1.54, 1.807) is 25.1 Å². The van der Waals surface area contributed by atoms with E-state index in [0.717, 1.165) is 5.56 Å². The molecule has 5 heteroatoms. The second-order valence-electron chi connectivity index (χ2n) is 4.89. The number of halogens is 3. The summed E-state index contributed by atoms with van der Waals surface area (Å²) in [5, 5.41) is 0.262. The van der Waals surface area contributed by atoms with Gasteiger partial charge in [-0.3, -0.25) is 0 Å². The lowest BCUT2D eigenvalue weighted by Gasteiger charge is -2.08. The third kappa shape index (κ3) is 2.36. The lowest BCUT2D eigenvalue weighted by molar-refractivity contribution is 0.618. The van der Waals surface area contributed by atoms with Crippen molar-refractivity contribution in [3.63, 3.8) is 0 Å². The van der Waals surface area contributed by atoms with E-state index in [0.29, 0.717) is 22.5 Å². The first-order valence-electron chi connectivity index (χ1n) is 6.36. The Kier molecular flexibility index (Phi) is 3.33. The van der Waals surface area contributed by atoms with Gasteiger partial charge in [-0.25, -0.2) is 18.7 Å². The molecule has 0 unspecified atom stereocenters. The number of hydrogen-bond donors (Lipinski definition) is 0. The Morgan fingerprint density at radius 1 is 0.905 bits per heavy atom. The molecule has 0 aliphatic heterocycles. The molecule has 0 amide bonds. The van der Waals surface area contributed by atoms with Crippen LogP contribution in [0.2, 0.25) is 5.15 Å². The van der Waals surface area contributed by atoms with Crippen LogP contribution in [0.3, 0.4) is 0 Å². The Labute approximate surface area is 125 Å². The maximum absolute atomic E-state index is 13.9. The van der Waals surface area contributed by atoms with E-state index >= 15 is 0 Å². The molecular formula is C16H11ClF2N2. The van der Waals surface area contributed by atoms with Gasteiger partial charge in [-0.05, 0) is 49.2 Å². The number of hydrogen-bond acceptors (Lipinski definition) is 2. The SMILES string of the molecule is Cc1cc(-c2nc(Cl)c3c(F)ccc(C)c3n2)ccc1F. The van der Waals surface area contributed by atoms with Crippen molar-refractivity contribution >= 4 is 22.5 Å². The number of nitrogens with zero attached hydrogens (tertiary/aromatic N) is 2. The molecule has 106 valence electrons. The number of aromatic nitrogens is 2. The molecule has 3 rings (SSSR count). The highest BCUT2D eigenvalue weighted by Crippen LogP contribution is 2.29. The third-order valence-electron chi connectivity index (χ3n) is 3.37. The van der Waals surface area contributed by atoms with Gasteiger partial charge < -0.3 is 0 Å². The molecule has 0 saturated carbocycles. The summed E-state index contributed by atoms with van der Waals surface area (Å²) in [7, 11) is 0. The zero-order valence-electron chi connectivity index (χ0n) is 11.4. The summed E-state index contributed by atoms with van der Waals surface area (Å²) in [6.45, 7) is 3.48. The minimum Gasteiger partial charge on any atom is -0.228 e. The summed E-state index contributed by atoms with van der Waals surface area (Å²) in [6, 6.07) is 7.55. The predicted octanol–water partition coefficient (Wildman–Crippen LogP) is 4.85. The first kappa shape index (κ1) is 13.9. The second kappa shape index (κ2) is 5.04. The summed E-state index contributed by atoms with van der Waals surface area (Å²) in [6.07, 6.45) is 0. The quantitative estimate of drug-likeness (QED) is 0.601. The summed E-state index contributed by atoms with van der Waals surface area (Å²) in [5.41, 5.74) is 2.40. The number of fused-ring (bicyclic) bond motifs is 1. The van der Waals surface area contributed by atoms with Crippen molar-refractivity contribution in [2.75, 3.05) is 0 Å². The van der Waals surface area contributed by atoms with E-state index in [-0.39, 0.29) is 16.4 Å². The van der Waals surface area contributed by atoms with Gasteiger partial charge in [0, 0.05) is 5.56 Å². The molecule has 0 saturated heterocycles. The Balaban J connectivity index is 2.30. The normalized spacial score (nSPS) is 11.1. The molecule has 0 atom stereocenters.